The average Bonchev–Trinajstić information content (AvgIpc) is 2.91. The monoisotopic (exact) mass is 616 g/mol. The standard InChI is InChI=1S/C29H32ClF3N2O3S.ClH/c1-34(39(37,38)26-8-3-2-4-9-26)20-23(22-6-5-7-25(30)18-22)14-17-35-15-12-21(13-16-35)27-11-10-24(19-28(27)36)29(31,32)33;/h2-11,18-19,21,23,36H,12-17,20H2,1H3;1H/t23-;/m1./s1. The van der Waals surface area contributed by atoms with Gasteiger partial charge in [-0.2, -0.15) is 13.2 Å². The van der Waals surface area contributed by atoms with E-state index in [0.29, 0.717) is 29.8 Å². The van der Waals surface area contributed by atoms with Crippen LogP contribution in [-0.4, -0.2) is 56.0 Å². The van der Waals surface area contributed by atoms with E-state index in [9.17, 15) is 26.7 Å². The zero-order valence-electron chi connectivity index (χ0n) is 22.0. The van der Waals surface area contributed by atoms with Gasteiger partial charge >= 0.3 is 6.18 Å². The molecule has 1 N–H and O–H groups in total. The third kappa shape index (κ3) is 7.91. The van der Waals surface area contributed by atoms with E-state index in [1.54, 1.807) is 43.4 Å². The number of nitrogens with zero attached hydrogens (tertiary/aromatic N) is 2. The Kier molecular flexibility index (Phi) is 10.9. The van der Waals surface area contributed by atoms with Crippen LogP contribution in [0, 0.1) is 0 Å². The summed E-state index contributed by atoms with van der Waals surface area (Å²) >= 11 is 6.26. The third-order valence-electron chi connectivity index (χ3n) is 7.43. The fourth-order valence-corrected chi connectivity index (χ4v) is 6.61. The smallest absolute Gasteiger partial charge is 0.416 e. The van der Waals surface area contributed by atoms with Crippen LogP contribution in [0.4, 0.5) is 13.2 Å². The minimum atomic E-state index is -4.49. The number of piperidine rings is 1. The molecule has 0 spiro atoms. The number of halogens is 5. The number of alkyl halides is 3. The van der Waals surface area contributed by atoms with Crippen LogP contribution < -0.4 is 0 Å². The summed E-state index contributed by atoms with van der Waals surface area (Å²) in [5.74, 6) is -0.426. The number of rotatable bonds is 9. The quantitative estimate of drug-likeness (QED) is 0.277. The maximum Gasteiger partial charge on any atom is 0.416 e. The molecule has 3 aromatic rings. The van der Waals surface area contributed by atoms with Crippen molar-refractivity contribution in [1.29, 1.82) is 0 Å². The SMILES string of the molecule is CN(C[C@@H](CCN1CCC(c2ccc(C(F)(F)F)cc2O)CC1)c1cccc(Cl)c1)S(=O)(=O)c1ccccc1.Cl. The molecule has 1 aliphatic heterocycles. The van der Waals surface area contributed by atoms with Crippen LogP contribution in [0.5, 0.6) is 5.75 Å². The maximum absolute atomic E-state index is 13.2. The summed E-state index contributed by atoms with van der Waals surface area (Å²) in [7, 11) is -2.07. The van der Waals surface area contributed by atoms with Gasteiger partial charge < -0.3 is 10.0 Å². The second-order valence-electron chi connectivity index (χ2n) is 10.0. The number of hydrogen-bond acceptors (Lipinski definition) is 4. The highest BCUT2D eigenvalue weighted by Crippen LogP contribution is 2.38. The summed E-state index contributed by atoms with van der Waals surface area (Å²) in [6, 6.07) is 19.0. The first-order valence-electron chi connectivity index (χ1n) is 12.8. The summed E-state index contributed by atoms with van der Waals surface area (Å²) in [5.41, 5.74) is 0.655. The average molecular weight is 618 g/mol. The molecule has 1 saturated heterocycles. The van der Waals surface area contributed by atoms with Crippen molar-refractivity contribution in [2.75, 3.05) is 33.2 Å². The molecule has 0 radical (unpaired) electrons. The topological polar surface area (TPSA) is 60.9 Å². The number of sulfonamides is 1. The van der Waals surface area contributed by atoms with Gasteiger partial charge in [-0.15, -0.1) is 12.4 Å². The van der Waals surface area contributed by atoms with E-state index in [1.807, 2.05) is 18.2 Å². The Morgan fingerprint density at radius 1 is 1.02 bits per heavy atom. The lowest BCUT2D eigenvalue weighted by Gasteiger charge is -2.34. The molecular formula is C29H33Cl2F3N2O3S. The lowest BCUT2D eigenvalue weighted by atomic mass is 9.87. The molecule has 0 bridgehead atoms. The second kappa shape index (κ2) is 13.6. The molecule has 1 atom stereocenters. The van der Waals surface area contributed by atoms with Crippen molar-refractivity contribution in [1.82, 2.24) is 9.21 Å². The van der Waals surface area contributed by atoms with Gasteiger partial charge in [-0.3, -0.25) is 0 Å². The highest BCUT2D eigenvalue weighted by atomic mass is 35.5. The van der Waals surface area contributed by atoms with Crippen LogP contribution in [0.15, 0.2) is 77.7 Å². The van der Waals surface area contributed by atoms with Gasteiger partial charge in [0.25, 0.3) is 0 Å². The van der Waals surface area contributed by atoms with E-state index < -0.39 is 21.8 Å². The van der Waals surface area contributed by atoms with E-state index in [4.69, 9.17) is 11.6 Å². The van der Waals surface area contributed by atoms with Crippen molar-refractivity contribution >= 4 is 34.0 Å². The lowest BCUT2D eigenvalue weighted by molar-refractivity contribution is -0.137. The van der Waals surface area contributed by atoms with Crippen molar-refractivity contribution in [3.63, 3.8) is 0 Å². The van der Waals surface area contributed by atoms with Crippen molar-refractivity contribution in [2.45, 2.75) is 42.2 Å². The first-order valence-corrected chi connectivity index (χ1v) is 14.7. The molecule has 5 nitrogen and oxygen atoms in total. The Labute approximate surface area is 245 Å². The van der Waals surface area contributed by atoms with Gasteiger partial charge in [0.2, 0.25) is 10.0 Å². The molecule has 0 aliphatic carbocycles. The van der Waals surface area contributed by atoms with Crippen molar-refractivity contribution < 1.29 is 26.7 Å². The molecular weight excluding hydrogens is 584 g/mol. The van der Waals surface area contributed by atoms with Gasteiger partial charge in [-0.25, -0.2) is 12.7 Å². The lowest BCUT2D eigenvalue weighted by Crippen LogP contribution is -2.36. The summed E-state index contributed by atoms with van der Waals surface area (Å²) in [5, 5.41) is 10.8. The minimum absolute atomic E-state index is 0. The summed E-state index contributed by atoms with van der Waals surface area (Å²) < 4.78 is 66.6. The molecule has 1 aliphatic rings. The molecule has 1 heterocycles. The molecule has 0 unspecified atom stereocenters. The molecule has 40 heavy (non-hydrogen) atoms. The maximum atomic E-state index is 13.2. The van der Waals surface area contributed by atoms with Crippen LogP contribution >= 0.6 is 24.0 Å². The van der Waals surface area contributed by atoms with Crippen LogP contribution in [-0.2, 0) is 16.2 Å². The fourth-order valence-electron chi connectivity index (χ4n) is 5.18. The zero-order chi connectivity index (χ0) is 28.2. The predicted octanol–water partition coefficient (Wildman–Crippen LogP) is 7.16. The number of likely N-dealkylation sites (tertiary alicyclic amines) is 1. The Balaban J connectivity index is 0.00000441. The van der Waals surface area contributed by atoms with Gasteiger partial charge in [-0.1, -0.05) is 48.0 Å². The number of phenolic OH excluding ortho intramolecular Hbond substituents is 1. The molecule has 218 valence electrons. The summed E-state index contributed by atoms with van der Waals surface area (Å²) in [6.07, 6.45) is -2.37. The second-order valence-corrected chi connectivity index (χ2v) is 12.5. The summed E-state index contributed by atoms with van der Waals surface area (Å²) in [4.78, 5) is 2.52. The van der Waals surface area contributed by atoms with E-state index in [2.05, 4.69) is 4.90 Å². The largest absolute Gasteiger partial charge is 0.508 e. The van der Waals surface area contributed by atoms with E-state index in [0.717, 1.165) is 37.3 Å². The van der Waals surface area contributed by atoms with Gasteiger partial charge in [0.15, 0.2) is 0 Å². The van der Waals surface area contributed by atoms with Crippen LogP contribution in [0.2, 0.25) is 5.02 Å². The first-order chi connectivity index (χ1) is 18.4. The molecule has 0 saturated carbocycles. The predicted molar refractivity (Wildman–Crippen MR) is 154 cm³/mol. The molecule has 1 fully saturated rings. The van der Waals surface area contributed by atoms with Gasteiger partial charge in [0.1, 0.15) is 5.75 Å². The van der Waals surface area contributed by atoms with E-state index in [-0.39, 0.29) is 41.4 Å². The molecule has 11 heteroatoms. The molecule has 4 rings (SSSR count). The van der Waals surface area contributed by atoms with E-state index in [1.165, 1.54) is 10.4 Å². The van der Waals surface area contributed by atoms with Crippen LogP contribution in [0.25, 0.3) is 0 Å². The van der Waals surface area contributed by atoms with Crippen LogP contribution in [0.3, 0.4) is 0 Å². The Hall–Kier alpha value is -2.30. The van der Waals surface area contributed by atoms with Gasteiger partial charge in [0.05, 0.1) is 10.5 Å². The highest BCUT2D eigenvalue weighted by molar-refractivity contribution is 7.89. The number of benzene rings is 3. The fraction of sp³-hybridized carbons (Fsp3) is 0.379. The zero-order valence-corrected chi connectivity index (χ0v) is 24.4. The Morgan fingerprint density at radius 2 is 1.70 bits per heavy atom. The summed E-state index contributed by atoms with van der Waals surface area (Å²) in [6.45, 7) is 2.46. The van der Waals surface area contributed by atoms with E-state index >= 15 is 0 Å². The Morgan fingerprint density at radius 3 is 2.30 bits per heavy atom. The number of hydrogen-bond donors (Lipinski definition) is 1. The normalized spacial score (nSPS) is 16.1. The highest BCUT2D eigenvalue weighted by Gasteiger charge is 2.32. The molecule has 0 amide bonds. The number of phenols is 1. The molecule has 3 aromatic carbocycles. The van der Waals surface area contributed by atoms with Gasteiger partial charge in [0, 0.05) is 18.6 Å². The van der Waals surface area contributed by atoms with Crippen molar-refractivity contribution in [2.24, 2.45) is 0 Å². The van der Waals surface area contributed by atoms with Crippen molar-refractivity contribution in [3.05, 3.63) is 94.5 Å². The third-order valence-corrected chi connectivity index (χ3v) is 9.50. The first kappa shape index (κ1) is 32.2. The van der Waals surface area contributed by atoms with Crippen molar-refractivity contribution in [3.8, 4) is 5.75 Å². The minimum Gasteiger partial charge on any atom is -0.508 e. The number of aromatic hydroxyl groups is 1. The van der Waals surface area contributed by atoms with Gasteiger partial charge in [-0.05, 0) is 98.3 Å². The molecule has 0 aromatic heterocycles. The van der Waals surface area contributed by atoms with Crippen LogP contribution in [0.1, 0.15) is 47.8 Å². The Bertz CT molecular complexity index is 1370. The number of likely N-dealkylation sites (N-methyl/N-ethyl adjacent to an activating group) is 1.